The molecule has 0 saturated carbocycles. The SMILES string of the molecule is C=C(C)C(=N)C(=CC)c1cc(NC(CC(=O)OC)C(C)(C)C)c(F)cn1. The van der Waals surface area contributed by atoms with Gasteiger partial charge in [-0.3, -0.25) is 15.2 Å². The highest BCUT2D eigenvalue weighted by Crippen LogP contribution is 2.29. The second-order valence-corrected chi connectivity index (χ2v) is 7.25. The van der Waals surface area contributed by atoms with E-state index in [-0.39, 0.29) is 35.2 Å². The maximum Gasteiger partial charge on any atom is 0.307 e. The first-order valence-corrected chi connectivity index (χ1v) is 8.41. The molecule has 0 aliphatic rings. The Kier molecular flexibility index (Phi) is 7.24. The summed E-state index contributed by atoms with van der Waals surface area (Å²) in [5, 5.41) is 11.2. The number of hydrogen-bond donors (Lipinski definition) is 2. The van der Waals surface area contributed by atoms with E-state index in [9.17, 15) is 9.18 Å². The number of carbonyl (C=O) groups excluding carboxylic acids is 1. The lowest BCUT2D eigenvalue weighted by atomic mass is 9.84. The van der Waals surface area contributed by atoms with E-state index in [1.807, 2.05) is 20.8 Å². The van der Waals surface area contributed by atoms with Crippen LogP contribution in [0.2, 0.25) is 0 Å². The van der Waals surface area contributed by atoms with Crippen molar-refractivity contribution in [1.29, 1.82) is 5.41 Å². The van der Waals surface area contributed by atoms with E-state index in [2.05, 4.69) is 16.9 Å². The molecule has 0 aliphatic heterocycles. The second kappa shape index (κ2) is 8.74. The molecule has 6 heteroatoms. The quantitative estimate of drug-likeness (QED) is 0.549. The van der Waals surface area contributed by atoms with Crippen LogP contribution < -0.4 is 5.32 Å². The first kappa shape index (κ1) is 21.5. The van der Waals surface area contributed by atoms with E-state index < -0.39 is 5.82 Å². The summed E-state index contributed by atoms with van der Waals surface area (Å²) >= 11 is 0. The van der Waals surface area contributed by atoms with Crippen LogP contribution in [0.25, 0.3) is 5.57 Å². The molecule has 26 heavy (non-hydrogen) atoms. The lowest BCUT2D eigenvalue weighted by Crippen LogP contribution is -2.36. The van der Waals surface area contributed by atoms with Crippen molar-refractivity contribution in [2.24, 2.45) is 5.41 Å². The summed E-state index contributed by atoms with van der Waals surface area (Å²) < 4.78 is 19.1. The topological polar surface area (TPSA) is 75.1 Å². The molecular weight excluding hydrogens is 333 g/mol. The Morgan fingerprint density at radius 3 is 2.58 bits per heavy atom. The van der Waals surface area contributed by atoms with Crippen molar-refractivity contribution in [2.45, 2.75) is 47.1 Å². The molecule has 2 N–H and O–H groups in total. The number of nitrogens with one attached hydrogen (secondary N) is 2. The third kappa shape index (κ3) is 5.51. The van der Waals surface area contributed by atoms with Gasteiger partial charge >= 0.3 is 5.97 Å². The molecule has 1 atom stereocenters. The van der Waals surface area contributed by atoms with Crippen LogP contribution in [-0.2, 0) is 9.53 Å². The summed E-state index contributed by atoms with van der Waals surface area (Å²) in [4.78, 5) is 15.8. The average molecular weight is 361 g/mol. The normalized spacial score (nSPS) is 13.1. The minimum Gasteiger partial charge on any atom is -0.469 e. The van der Waals surface area contributed by atoms with Gasteiger partial charge in [0, 0.05) is 11.6 Å². The van der Waals surface area contributed by atoms with Crippen LogP contribution in [-0.4, -0.2) is 29.8 Å². The first-order valence-electron chi connectivity index (χ1n) is 8.41. The lowest BCUT2D eigenvalue weighted by Gasteiger charge is -2.31. The molecule has 0 amide bonds. The first-order chi connectivity index (χ1) is 12.0. The minimum absolute atomic E-state index is 0.106. The van der Waals surface area contributed by atoms with Crippen molar-refractivity contribution in [2.75, 3.05) is 12.4 Å². The zero-order chi connectivity index (χ0) is 20.1. The summed E-state index contributed by atoms with van der Waals surface area (Å²) in [6.07, 6.45) is 2.97. The lowest BCUT2D eigenvalue weighted by molar-refractivity contribution is -0.141. The molecule has 0 saturated heterocycles. The van der Waals surface area contributed by atoms with Crippen LogP contribution in [0, 0.1) is 16.6 Å². The number of anilines is 1. The zero-order valence-corrected chi connectivity index (χ0v) is 16.4. The third-order valence-corrected chi connectivity index (χ3v) is 4.09. The van der Waals surface area contributed by atoms with Gasteiger partial charge in [0.2, 0.25) is 0 Å². The number of carbonyl (C=O) groups is 1. The molecule has 1 heterocycles. The molecule has 0 aliphatic carbocycles. The Bertz CT molecular complexity index is 733. The van der Waals surface area contributed by atoms with Gasteiger partial charge in [0.15, 0.2) is 5.82 Å². The van der Waals surface area contributed by atoms with Gasteiger partial charge in [0.05, 0.1) is 36.8 Å². The molecule has 0 fully saturated rings. The van der Waals surface area contributed by atoms with Crippen LogP contribution in [0.3, 0.4) is 0 Å². The number of methoxy groups -OCH3 is 1. The van der Waals surface area contributed by atoms with Gasteiger partial charge < -0.3 is 10.1 Å². The van der Waals surface area contributed by atoms with Gasteiger partial charge in [-0.25, -0.2) is 4.39 Å². The number of rotatable bonds is 7. The minimum atomic E-state index is -0.523. The molecule has 1 aromatic heterocycles. The fourth-order valence-electron chi connectivity index (χ4n) is 2.36. The summed E-state index contributed by atoms with van der Waals surface area (Å²) in [5.74, 6) is -0.893. The molecule has 5 nitrogen and oxygen atoms in total. The summed E-state index contributed by atoms with van der Waals surface area (Å²) in [6, 6.07) is 1.22. The maximum absolute atomic E-state index is 14.3. The molecule has 0 spiro atoms. The van der Waals surface area contributed by atoms with Gasteiger partial charge in [-0.15, -0.1) is 0 Å². The monoisotopic (exact) mass is 361 g/mol. The number of nitrogens with zero attached hydrogens (tertiary/aromatic N) is 1. The van der Waals surface area contributed by atoms with E-state index in [0.29, 0.717) is 16.8 Å². The van der Waals surface area contributed by atoms with Gasteiger partial charge in [-0.05, 0) is 30.9 Å². The average Bonchev–Trinajstić information content (AvgIpc) is 2.56. The third-order valence-electron chi connectivity index (χ3n) is 4.09. The predicted octanol–water partition coefficient (Wildman–Crippen LogP) is 4.61. The molecule has 1 unspecified atom stereocenters. The highest BCUT2D eigenvalue weighted by molar-refractivity contribution is 6.29. The zero-order valence-electron chi connectivity index (χ0n) is 16.4. The largest absolute Gasteiger partial charge is 0.469 e. The molecule has 1 rings (SSSR count). The van der Waals surface area contributed by atoms with E-state index in [0.717, 1.165) is 6.20 Å². The summed E-state index contributed by atoms with van der Waals surface area (Å²) in [5.41, 5.74) is 1.80. The Morgan fingerprint density at radius 1 is 1.50 bits per heavy atom. The van der Waals surface area contributed by atoms with E-state index >= 15 is 0 Å². The van der Waals surface area contributed by atoms with Crippen molar-refractivity contribution in [3.8, 4) is 0 Å². The van der Waals surface area contributed by atoms with Crippen LogP contribution in [0.15, 0.2) is 30.5 Å². The Labute approximate surface area is 154 Å². The van der Waals surface area contributed by atoms with Gasteiger partial charge in [-0.2, -0.15) is 0 Å². The number of ether oxygens (including phenoxy) is 1. The second-order valence-electron chi connectivity index (χ2n) is 7.25. The number of aromatic nitrogens is 1. The number of esters is 1. The fraction of sp³-hybridized carbons (Fsp3) is 0.450. The van der Waals surface area contributed by atoms with E-state index in [1.165, 1.54) is 7.11 Å². The van der Waals surface area contributed by atoms with Crippen LogP contribution in [0.5, 0.6) is 0 Å². The van der Waals surface area contributed by atoms with Crippen molar-refractivity contribution in [1.82, 2.24) is 4.98 Å². The molecule has 0 radical (unpaired) electrons. The smallest absolute Gasteiger partial charge is 0.307 e. The molecular formula is C20H28FN3O2. The fourth-order valence-corrected chi connectivity index (χ4v) is 2.36. The van der Waals surface area contributed by atoms with Gasteiger partial charge in [0.1, 0.15) is 0 Å². The molecule has 0 aromatic carbocycles. The standard InChI is InChI=1S/C20H28FN3O2/c1-8-13(19(22)12(2)3)15-9-16(14(21)11-23-15)24-17(20(4,5)6)10-18(25)26-7/h8-9,11,17,22H,2,10H2,1,3-7H3,(H,23,24). The number of hydrogen-bond acceptors (Lipinski definition) is 5. The van der Waals surface area contributed by atoms with Crippen molar-refractivity contribution in [3.63, 3.8) is 0 Å². The number of pyridine rings is 1. The van der Waals surface area contributed by atoms with Gasteiger partial charge in [-0.1, -0.05) is 33.4 Å². The Balaban J connectivity index is 3.25. The summed E-state index contributed by atoms with van der Waals surface area (Å²) in [7, 11) is 1.33. The molecule has 142 valence electrons. The Morgan fingerprint density at radius 2 is 2.12 bits per heavy atom. The highest BCUT2D eigenvalue weighted by atomic mass is 19.1. The van der Waals surface area contributed by atoms with E-state index in [1.54, 1.807) is 26.0 Å². The van der Waals surface area contributed by atoms with Crippen molar-refractivity contribution < 1.29 is 13.9 Å². The van der Waals surface area contributed by atoms with Crippen LogP contribution in [0.4, 0.5) is 10.1 Å². The van der Waals surface area contributed by atoms with Gasteiger partial charge in [0.25, 0.3) is 0 Å². The molecule has 0 bridgehead atoms. The van der Waals surface area contributed by atoms with Crippen molar-refractivity contribution >= 4 is 22.9 Å². The van der Waals surface area contributed by atoms with Crippen LogP contribution in [0.1, 0.15) is 46.7 Å². The van der Waals surface area contributed by atoms with Crippen molar-refractivity contribution in [3.05, 3.63) is 42.0 Å². The van der Waals surface area contributed by atoms with E-state index in [4.69, 9.17) is 10.1 Å². The molecule has 1 aromatic rings. The highest BCUT2D eigenvalue weighted by Gasteiger charge is 2.28. The number of halogens is 1. The predicted molar refractivity (Wildman–Crippen MR) is 104 cm³/mol. The summed E-state index contributed by atoms with van der Waals surface area (Å²) in [6.45, 7) is 13.2. The van der Waals surface area contributed by atoms with Crippen LogP contribution >= 0.6 is 0 Å². The Hall–Kier alpha value is -2.50. The number of allylic oxidation sites excluding steroid dienone is 3. The maximum atomic E-state index is 14.3.